The van der Waals surface area contributed by atoms with E-state index in [-0.39, 0.29) is 11.1 Å². The van der Waals surface area contributed by atoms with Crippen molar-refractivity contribution in [2.45, 2.75) is 6.42 Å². The summed E-state index contributed by atoms with van der Waals surface area (Å²) in [5, 5.41) is 12.7. The number of carbonyl (C=O) groups excluding carboxylic acids is 1. The van der Waals surface area contributed by atoms with Crippen LogP contribution in [0, 0.1) is 11.3 Å². The zero-order chi connectivity index (χ0) is 23.0. The van der Waals surface area contributed by atoms with Crippen molar-refractivity contribution in [2.75, 3.05) is 6.54 Å². The lowest BCUT2D eigenvalue weighted by molar-refractivity contribution is -0.115. The maximum atomic E-state index is 13.3. The van der Waals surface area contributed by atoms with Crippen molar-refractivity contribution in [2.24, 2.45) is 0 Å². The van der Waals surface area contributed by atoms with E-state index in [0.29, 0.717) is 27.8 Å². The van der Waals surface area contributed by atoms with Gasteiger partial charge < -0.3 is 5.32 Å². The van der Waals surface area contributed by atoms with Gasteiger partial charge in [-0.1, -0.05) is 48.5 Å². The summed E-state index contributed by atoms with van der Waals surface area (Å²) in [4.78, 5) is 30.2. The molecular weight excluding hydrogens is 432 g/mol. The van der Waals surface area contributed by atoms with Crippen LogP contribution in [0.15, 0.2) is 90.0 Å². The van der Waals surface area contributed by atoms with E-state index in [1.807, 2.05) is 42.5 Å². The highest BCUT2D eigenvalue weighted by atomic mass is 32.1. The second-order valence-corrected chi connectivity index (χ2v) is 8.18. The molecular formula is C26H20N4O2S. The van der Waals surface area contributed by atoms with Crippen LogP contribution in [0.2, 0.25) is 0 Å². The molecule has 6 nitrogen and oxygen atoms in total. The van der Waals surface area contributed by atoms with E-state index in [2.05, 4.69) is 10.3 Å². The van der Waals surface area contributed by atoms with Gasteiger partial charge in [-0.3, -0.25) is 19.1 Å². The Morgan fingerprint density at radius 3 is 2.36 bits per heavy atom. The van der Waals surface area contributed by atoms with Gasteiger partial charge in [0.1, 0.15) is 10.7 Å². The van der Waals surface area contributed by atoms with Crippen molar-refractivity contribution in [3.05, 3.63) is 116 Å². The number of nitrogens with one attached hydrogen (secondary N) is 1. The van der Waals surface area contributed by atoms with E-state index in [1.54, 1.807) is 54.9 Å². The van der Waals surface area contributed by atoms with Gasteiger partial charge in [0.25, 0.3) is 11.5 Å². The second-order valence-electron chi connectivity index (χ2n) is 7.15. The number of nitriles is 1. The predicted octanol–water partition coefficient (Wildman–Crippen LogP) is 2.16. The molecule has 1 amide bonds. The fraction of sp³-hybridized carbons (Fsp3) is 0.0769. The van der Waals surface area contributed by atoms with Gasteiger partial charge in [-0.2, -0.15) is 5.26 Å². The molecule has 0 saturated heterocycles. The van der Waals surface area contributed by atoms with Gasteiger partial charge in [0, 0.05) is 18.9 Å². The minimum atomic E-state index is -0.505. The van der Waals surface area contributed by atoms with Crippen LogP contribution in [0.4, 0.5) is 0 Å². The lowest BCUT2D eigenvalue weighted by atomic mass is 10.1. The number of hydrogen-bond donors (Lipinski definition) is 1. The van der Waals surface area contributed by atoms with Gasteiger partial charge in [0.2, 0.25) is 0 Å². The number of para-hydroxylation sites is 1. The quantitative estimate of drug-likeness (QED) is 0.486. The Hall–Kier alpha value is -4.28. The number of amides is 1. The fourth-order valence-electron chi connectivity index (χ4n) is 3.32. The molecule has 0 atom stereocenters. The zero-order valence-electron chi connectivity index (χ0n) is 17.6. The molecule has 33 heavy (non-hydrogen) atoms. The third-order valence-corrected chi connectivity index (χ3v) is 6.03. The number of benzene rings is 2. The van der Waals surface area contributed by atoms with E-state index in [0.717, 1.165) is 22.5 Å². The van der Waals surface area contributed by atoms with Gasteiger partial charge in [0.15, 0.2) is 5.57 Å². The largest absolute Gasteiger partial charge is 0.351 e. The van der Waals surface area contributed by atoms with Crippen LogP contribution < -0.4 is 20.1 Å². The Morgan fingerprint density at radius 2 is 1.70 bits per heavy atom. The molecule has 0 aliphatic heterocycles. The second kappa shape index (κ2) is 10.4. The molecule has 2 heterocycles. The highest BCUT2D eigenvalue weighted by Gasteiger charge is 2.16. The standard InChI is InChI=1S/C26H20N4O2S/c27-18-22(24(31)29-16-13-19-7-3-1-4-8-19)26-30(21-9-5-2-6-10-21)25(32)23(33-26)17-20-11-14-28-15-12-20/h1-12,14-15,17H,13,16H2,(H,29,31). The molecule has 0 spiro atoms. The Bertz CT molecular complexity index is 1470. The molecule has 0 radical (unpaired) electrons. The first-order valence-electron chi connectivity index (χ1n) is 10.3. The van der Waals surface area contributed by atoms with Crippen LogP contribution >= 0.6 is 11.3 Å². The smallest absolute Gasteiger partial charge is 0.273 e. The number of aromatic nitrogens is 2. The summed E-state index contributed by atoms with van der Waals surface area (Å²) >= 11 is 1.12. The molecule has 0 bridgehead atoms. The van der Waals surface area contributed by atoms with Crippen LogP contribution in [0.3, 0.4) is 0 Å². The minimum Gasteiger partial charge on any atom is -0.351 e. The number of carbonyl (C=O) groups is 1. The van der Waals surface area contributed by atoms with Gasteiger partial charge in [0.05, 0.1) is 10.2 Å². The normalized spacial score (nSPS) is 12.2. The van der Waals surface area contributed by atoms with Gasteiger partial charge in [-0.15, -0.1) is 11.3 Å². The molecule has 162 valence electrons. The van der Waals surface area contributed by atoms with E-state index in [1.165, 1.54) is 4.57 Å². The zero-order valence-corrected chi connectivity index (χ0v) is 18.5. The highest BCUT2D eigenvalue weighted by molar-refractivity contribution is 7.07. The van der Waals surface area contributed by atoms with Crippen LogP contribution in [-0.2, 0) is 11.2 Å². The van der Waals surface area contributed by atoms with Crippen molar-refractivity contribution in [1.29, 1.82) is 5.26 Å². The Labute approximate surface area is 194 Å². The summed E-state index contributed by atoms with van der Waals surface area (Å²) in [7, 11) is 0. The van der Waals surface area contributed by atoms with Gasteiger partial charge in [-0.25, -0.2) is 0 Å². The van der Waals surface area contributed by atoms with Gasteiger partial charge in [-0.05, 0) is 47.9 Å². The first kappa shape index (κ1) is 21.9. The molecule has 2 aromatic carbocycles. The Kier molecular flexibility index (Phi) is 6.88. The third-order valence-electron chi connectivity index (χ3n) is 4.94. The van der Waals surface area contributed by atoms with Crippen LogP contribution in [0.25, 0.3) is 17.3 Å². The van der Waals surface area contributed by atoms with Crippen molar-refractivity contribution < 1.29 is 4.79 Å². The summed E-state index contributed by atoms with van der Waals surface area (Å²) in [6, 6.07) is 24.4. The lowest BCUT2D eigenvalue weighted by Crippen LogP contribution is -2.34. The summed E-state index contributed by atoms with van der Waals surface area (Å²) in [6.45, 7) is 0.380. The average molecular weight is 453 g/mol. The summed E-state index contributed by atoms with van der Waals surface area (Å²) in [6.07, 6.45) is 5.66. The van der Waals surface area contributed by atoms with Crippen molar-refractivity contribution >= 4 is 28.9 Å². The maximum Gasteiger partial charge on any atom is 0.273 e. The molecule has 4 aromatic rings. The molecule has 1 N–H and O–H groups in total. The molecule has 0 aliphatic rings. The van der Waals surface area contributed by atoms with Crippen LogP contribution in [-0.4, -0.2) is 22.0 Å². The Balaban J connectivity index is 1.79. The van der Waals surface area contributed by atoms with Crippen LogP contribution in [0.5, 0.6) is 0 Å². The average Bonchev–Trinajstić information content (AvgIpc) is 3.16. The third kappa shape index (κ3) is 5.14. The number of hydrogen-bond acceptors (Lipinski definition) is 5. The fourth-order valence-corrected chi connectivity index (χ4v) is 4.42. The first-order valence-corrected chi connectivity index (χ1v) is 11.1. The van der Waals surface area contributed by atoms with E-state index in [4.69, 9.17) is 0 Å². The van der Waals surface area contributed by atoms with Crippen molar-refractivity contribution in [1.82, 2.24) is 14.9 Å². The first-order chi connectivity index (χ1) is 16.2. The molecule has 7 heteroatoms. The SMILES string of the molecule is N#CC(C(=O)NCCc1ccccc1)=c1sc(=Cc2ccncc2)c(=O)n1-c1ccccc1. The predicted molar refractivity (Wildman–Crippen MR) is 129 cm³/mol. The number of thiazole rings is 1. The van der Waals surface area contributed by atoms with E-state index >= 15 is 0 Å². The molecule has 0 fully saturated rings. The van der Waals surface area contributed by atoms with E-state index in [9.17, 15) is 14.9 Å². The summed E-state index contributed by atoms with van der Waals surface area (Å²) in [5.74, 6) is -0.505. The monoisotopic (exact) mass is 452 g/mol. The lowest BCUT2D eigenvalue weighted by Gasteiger charge is -2.06. The molecule has 0 saturated carbocycles. The van der Waals surface area contributed by atoms with Crippen molar-refractivity contribution in [3.63, 3.8) is 0 Å². The highest BCUT2D eigenvalue weighted by Crippen LogP contribution is 2.04. The van der Waals surface area contributed by atoms with Crippen molar-refractivity contribution in [3.8, 4) is 11.8 Å². The molecule has 4 rings (SSSR count). The Morgan fingerprint density at radius 1 is 1.03 bits per heavy atom. The summed E-state index contributed by atoms with van der Waals surface area (Å²) < 4.78 is 2.14. The van der Waals surface area contributed by atoms with E-state index < -0.39 is 5.91 Å². The molecule has 2 aromatic heterocycles. The molecule has 0 unspecified atom stereocenters. The minimum absolute atomic E-state index is 0.0941. The number of pyridine rings is 1. The number of rotatable bonds is 6. The topological polar surface area (TPSA) is 87.8 Å². The summed E-state index contributed by atoms with van der Waals surface area (Å²) in [5.41, 5.74) is 2.10. The van der Waals surface area contributed by atoms with Gasteiger partial charge >= 0.3 is 0 Å². The maximum absolute atomic E-state index is 13.3. The molecule has 0 aliphatic carbocycles. The number of nitrogens with zero attached hydrogens (tertiary/aromatic N) is 3. The van der Waals surface area contributed by atoms with Crippen LogP contribution in [0.1, 0.15) is 11.1 Å².